The molecule has 2 amide bonds. The second kappa shape index (κ2) is 10.0. The van der Waals surface area contributed by atoms with Crippen LogP contribution in [0.2, 0.25) is 0 Å². The Bertz CT molecular complexity index is 822. The molecule has 0 aliphatic carbocycles. The lowest BCUT2D eigenvalue weighted by atomic mass is 10.2. The fourth-order valence-electron chi connectivity index (χ4n) is 3.66. The van der Waals surface area contributed by atoms with Gasteiger partial charge in [0.15, 0.2) is 17.4 Å². The lowest BCUT2D eigenvalue weighted by molar-refractivity contribution is -0.122. The highest BCUT2D eigenvalue weighted by Gasteiger charge is 2.34. The van der Waals surface area contributed by atoms with E-state index in [1.807, 2.05) is 4.90 Å². The van der Waals surface area contributed by atoms with E-state index in [0.717, 1.165) is 17.0 Å². The topological polar surface area (TPSA) is 102 Å². The van der Waals surface area contributed by atoms with Gasteiger partial charge < -0.3 is 20.1 Å². The van der Waals surface area contributed by atoms with Crippen molar-refractivity contribution in [1.82, 2.24) is 10.2 Å². The minimum absolute atomic E-state index is 0.0511. The zero-order valence-corrected chi connectivity index (χ0v) is 17.3. The highest BCUT2D eigenvalue weighted by Crippen LogP contribution is 2.31. The number of aliphatic hydroxyl groups is 1. The van der Waals surface area contributed by atoms with Crippen molar-refractivity contribution in [3.63, 3.8) is 0 Å². The van der Waals surface area contributed by atoms with Gasteiger partial charge in [-0.25, -0.2) is 13.6 Å². The van der Waals surface area contributed by atoms with Crippen molar-refractivity contribution in [3.05, 3.63) is 23.8 Å². The maximum atomic E-state index is 14.8. The van der Waals surface area contributed by atoms with E-state index in [-0.39, 0.29) is 42.6 Å². The number of piperazine rings is 1. The van der Waals surface area contributed by atoms with Crippen molar-refractivity contribution in [1.29, 1.82) is 0 Å². The molecule has 9 nitrogen and oxygen atoms in total. The number of hydrogen-bond donors (Lipinski definition) is 2. The molecular formula is C20H26F2N4O5. The van der Waals surface area contributed by atoms with Crippen LogP contribution < -0.4 is 15.1 Å². The Morgan fingerprint density at radius 1 is 1.19 bits per heavy atom. The molecule has 2 saturated heterocycles. The summed E-state index contributed by atoms with van der Waals surface area (Å²) in [5.41, 5.74) is -0.104. The lowest BCUT2D eigenvalue weighted by Crippen LogP contribution is -2.47. The van der Waals surface area contributed by atoms with E-state index in [0.29, 0.717) is 32.7 Å². The van der Waals surface area contributed by atoms with Crippen molar-refractivity contribution >= 4 is 29.2 Å². The van der Waals surface area contributed by atoms with Crippen LogP contribution in [0.3, 0.4) is 0 Å². The number of ether oxygens (including phenoxy) is 1. The number of carbonyl (C=O) groups excluding carboxylic acids is 3. The molecule has 3 rings (SSSR count). The number of carbonyl (C=O) groups is 3. The summed E-state index contributed by atoms with van der Waals surface area (Å²) in [6.45, 7) is 3.36. The molecule has 2 heterocycles. The van der Waals surface area contributed by atoms with Gasteiger partial charge in [-0.15, -0.1) is 0 Å². The van der Waals surface area contributed by atoms with Crippen molar-refractivity contribution < 1.29 is 33.0 Å². The Morgan fingerprint density at radius 2 is 1.84 bits per heavy atom. The third-order valence-corrected chi connectivity index (χ3v) is 5.34. The normalized spacial score (nSPS) is 19.5. The molecule has 2 aliphatic heterocycles. The quantitative estimate of drug-likeness (QED) is 0.607. The SMILES string of the molecule is CC(=O)NCC1CN(c2cc(F)c(N3CCN(CCC(=O)CO)CC3)c(F)c2)C(=O)O1. The number of cyclic esters (lactones) is 1. The molecule has 0 radical (unpaired) electrons. The maximum Gasteiger partial charge on any atom is 0.414 e. The van der Waals surface area contributed by atoms with Crippen LogP contribution in [-0.2, 0) is 14.3 Å². The highest BCUT2D eigenvalue weighted by atomic mass is 19.1. The number of aliphatic hydroxyl groups excluding tert-OH is 1. The number of amides is 2. The molecule has 170 valence electrons. The molecule has 31 heavy (non-hydrogen) atoms. The van der Waals surface area contributed by atoms with E-state index in [2.05, 4.69) is 5.32 Å². The van der Waals surface area contributed by atoms with Gasteiger partial charge in [0.05, 0.1) is 18.8 Å². The molecule has 2 aliphatic rings. The van der Waals surface area contributed by atoms with Crippen LogP contribution in [-0.4, -0.2) is 86.3 Å². The van der Waals surface area contributed by atoms with E-state index >= 15 is 0 Å². The van der Waals surface area contributed by atoms with E-state index in [1.165, 1.54) is 6.92 Å². The Morgan fingerprint density at radius 3 is 2.42 bits per heavy atom. The average Bonchev–Trinajstić information content (AvgIpc) is 3.11. The number of benzene rings is 1. The maximum absolute atomic E-state index is 14.8. The highest BCUT2D eigenvalue weighted by molar-refractivity contribution is 5.90. The standard InChI is InChI=1S/C20H26F2N4O5/c1-13(28)23-10-16-11-26(20(30)31-16)14-8-17(21)19(18(22)9-14)25-6-4-24(5-7-25)3-2-15(29)12-27/h8-9,16,27H,2-7,10-12H2,1H3,(H,23,28). The van der Waals surface area contributed by atoms with Crippen LogP contribution in [0.1, 0.15) is 13.3 Å². The van der Waals surface area contributed by atoms with Gasteiger partial charge in [0.1, 0.15) is 18.4 Å². The summed E-state index contributed by atoms with van der Waals surface area (Å²) in [5, 5.41) is 11.3. The number of halogens is 2. The summed E-state index contributed by atoms with van der Waals surface area (Å²) < 4.78 is 34.8. The second-order valence-electron chi connectivity index (χ2n) is 7.59. The predicted molar refractivity (Wildman–Crippen MR) is 108 cm³/mol. The van der Waals surface area contributed by atoms with Crippen LogP contribution in [0, 0.1) is 11.6 Å². The number of nitrogens with one attached hydrogen (secondary N) is 1. The molecule has 2 fully saturated rings. The first-order valence-electron chi connectivity index (χ1n) is 10.1. The Labute approximate surface area is 178 Å². The van der Waals surface area contributed by atoms with Crippen LogP contribution in [0.5, 0.6) is 0 Å². The van der Waals surface area contributed by atoms with Crippen molar-refractivity contribution in [2.24, 2.45) is 0 Å². The van der Waals surface area contributed by atoms with Crippen molar-refractivity contribution in [2.45, 2.75) is 19.4 Å². The molecule has 1 unspecified atom stereocenters. The fraction of sp³-hybridized carbons (Fsp3) is 0.550. The summed E-state index contributed by atoms with van der Waals surface area (Å²) >= 11 is 0. The predicted octanol–water partition coefficient (Wildman–Crippen LogP) is 0.500. The largest absolute Gasteiger partial charge is 0.442 e. The number of anilines is 2. The lowest BCUT2D eigenvalue weighted by Gasteiger charge is -2.36. The Kier molecular flexibility index (Phi) is 7.39. The number of ketones is 1. The van der Waals surface area contributed by atoms with Crippen molar-refractivity contribution in [3.8, 4) is 0 Å². The first-order chi connectivity index (χ1) is 14.8. The van der Waals surface area contributed by atoms with Gasteiger partial charge >= 0.3 is 6.09 Å². The molecule has 0 aromatic heterocycles. The second-order valence-corrected chi connectivity index (χ2v) is 7.59. The molecule has 11 heteroatoms. The summed E-state index contributed by atoms with van der Waals surface area (Å²) in [4.78, 5) is 39.1. The zero-order chi connectivity index (χ0) is 22.5. The molecule has 2 N–H and O–H groups in total. The average molecular weight is 440 g/mol. The van der Waals surface area contributed by atoms with E-state index < -0.39 is 30.4 Å². The summed E-state index contributed by atoms with van der Waals surface area (Å²) in [6, 6.07) is 2.21. The minimum Gasteiger partial charge on any atom is -0.442 e. The van der Waals surface area contributed by atoms with Gasteiger partial charge in [0, 0.05) is 58.2 Å². The summed E-state index contributed by atoms with van der Waals surface area (Å²) in [6.07, 6.45) is -1.09. The van der Waals surface area contributed by atoms with E-state index in [9.17, 15) is 23.2 Å². The minimum atomic E-state index is -0.781. The number of rotatable bonds is 8. The Balaban J connectivity index is 1.63. The van der Waals surface area contributed by atoms with Gasteiger partial charge in [-0.05, 0) is 0 Å². The van der Waals surface area contributed by atoms with Crippen molar-refractivity contribution in [2.75, 3.05) is 62.2 Å². The molecule has 0 bridgehead atoms. The van der Waals surface area contributed by atoms with E-state index in [1.54, 1.807) is 4.90 Å². The van der Waals surface area contributed by atoms with Crippen LogP contribution in [0.15, 0.2) is 12.1 Å². The molecule has 0 spiro atoms. The number of nitrogens with zero attached hydrogens (tertiary/aromatic N) is 3. The van der Waals surface area contributed by atoms with Gasteiger partial charge in [-0.2, -0.15) is 0 Å². The Hall–Kier alpha value is -2.79. The third-order valence-electron chi connectivity index (χ3n) is 5.34. The van der Waals surface area contributed by atoms with Gasteiger partial charge in [-0.3, -0.25) is 19.4 Å². The molecule has 1 aromatic rings. The molecular weight excluding hydrogens is 414 g/mol. The molecule has 1 aromatic carbocycles. The molecule has 0 saturated carbocycles. The number of hydrogen-bond acceptors (Lipinski definition) is 7. The fourth-order valence-corrected chi connectivity index (χ4v) is 3.66. The first kappa shape index (κ1) is 22.9. The van der Waals surface area contributed by atoms with Crippen LogP contribution in [0.25, 0.3) is 0 Å². The van der Waals surface area contributed by atoms with Crippen LogP contribution >= 0.6 is 0 Å². The first-order valence-corrected chi connectivity index (χ1v) is 10.1. The molecule has 1 atom stereocenters. The number of Topliss-reactive ketones (excluding diaryl/α,β-unsaturated/α-hetero) is 1. The monoisotopic (exact) mass is 440 g/mol. The van der Waals surface area contributed by atoms with Crippen LogP contribution in [0.4, 0.5) is 25.0 Å². The van der Waals surface area contributed by atoms with E-state index in [4.69, 9.17) is 9.84 Å². The van der Waals surface area contributed by atoms with Gasteiger partial charge in [0.2, 0.25) is 5.91 Å². The van der Waals surface area contributed by atoms with Gasteiger partial charge in [-0.1, -0.05) is 0 Å². The zero-order valence-electron chi connectivity index (χ0n) is 17.3. The summed E-state index contributed by atoms with van der Waals surface area (Å²) in [5.74, 6) is -2.07. The smallest absolute Gasteiger partial charge is 0.414 e. The summed E-state index contributed by atoms with van der Waals surface area (Å²) in [7, 11) is 0. The van der Waals surface area contributed by atoms with Gasteiger partial charge in [0.25, 0.3) is 0 Å². The third kappa shape index (κ3) is 5.67.